The van der Waals surface area contributed by atoms with E-state index < -0.39 is 10.8 Å². The second-order valence-corrected chi connectivity index (χ2v) is 15.0. The molecule has 0 saturated carbocycles. The van der Waals surface area contributed by atoms with Gasteiger partial charge in [0.1, 0.15) is 18.2 Å². The number of nitrogens with zero attached hydrogens (tertiary/aromatic N) is 3. The first-order valence-corrected chi connectivity index (χ1v) is 19.9. The summed E-state index contributed by atoms with van der Waals surface area (Å²) in [5.41, 5.74) is 5.79. The van der Waals surface area contributed by atoms with Crippen LogP contribution in [0, 0.1) is 5.92 Å². The fraction of sp³-hybridized carbons (Fsp3) is 0.429. The summed E-state index contributed by atoms with van der Waals surface area (Å²) in [5, 5.41) is 3.12. The minimum absolute atomic E-state index is 0.112. The maximum Gasteiger partial charge on any atom is 0.251 e. The normalized spacial score (nSPS) is 13.9. The maximum absolute atomic E-state index is 13.8. The number of nitrogens with one attached hydrogen (secondary N) is 1. The molecule has 1 N–H and O–H groups in total. The van der Waals surface area contributed by atoms with Crippen molar-refractivity contribution in [2.45, 2.75) is 83.4 Å². The minimum atomic E-state index is -1.24. The zero-order chi connectivity index (χ0) is 36.0. The molecule has 272 valence electrons. The number of aromatic nitrogens is 2. The lowest BCUT2D eigenvalue weighted by Gasteiger charge is -2.28. The number of unbranched alkanes of at least 4 members (excludes halogenated alkanes) is 1. The minimum Gasteiger partial charge on any atom is -0.491 e. The van der Waals surface area contributed by atoms with Crippen LogP contribution in [0.3, 0.4) is 0 Å². The van der Waals surface area contributed by atoms with Gasteiger partial charge in [0.25, 0.3) is 5.91 Å². The van der Waals surface area contributed by atoms with Crippen molar-refractivity contribution in [3.8, 4) is 16.9 Å². The Hall–Kier alpha value is -4.21. The Morgan fingerprint density at radius 2 is 1.73 bits per heavy atom. The number of aryl methyl sites for hydroxylation is 1. The van der Waals surface area contributed by atoms with Crippen LogP contribution < -0.4 is 15.0 Å². The van der Waals surface area contributed by atoms with Crippen molar-refractivity contribution in [3.05, 3.63) is 96.1 Å². The molecule has 0 spiro atoms. The van der Waals surface area contributed by atoms with E-state index in [4.69, 9.17) is 9.47 Å². The van der Waals surface area contributed by atoms with Gasteiger partial charge in [-0.05, 0) is 109 Å². The molecule has 51 heavy (non-hydrogen) atoms. The predicted octanol–water partition coefficient (Wildman–Crippen LogP) is 9.13. The summed E-state index contributed by atoms with van der Waals surface area (Å²) >= 11 is 0. The third-order valence-electron chi connectivity index (χ3n) is 8.93. The van der Waals surface area contributed by atoms with Crippen molar-refractivity contribution in [2.24, 2.45) is 5.92 Å². The summed E-state index contributed by atoms with van der Waals surface area (Å²) < 4.78 is 26.7. The molecule has 1 aromatic heterocycles. The Morgan fingerprint density at radius 1 is 0.941 bits per heavy atom. The molecule has 4 aromatic rings. The monoisotopic (exact) mass is 710 g/mol. The van der Waals surface area contributed by atoms with Gasteiger partial charge in [0, 0.05) is 60.5 Å². The number of carbonyl (C=O) groups excluding carboxylic acids is 1. The van der Waals surface area contributed by atoms with Crippen LogP contribution in [-0.2, 0) is 32.6 Å². The first-order chi connectivity index (χ1) is 24.8. The van der Waals surface area contributed by atoms with Gasteiger partial charge in [-0.25, -0.2) is 4.98 Å². The van der Waals surface area contributed by atoms with Crippen LogP contribution in [-0.4, -0.2) is 52.6 Å². The van der Waals surface area contributed by atoms with E-state index in [0.29, 0.717) is 41.9 Å². The fourth-order valence-electron chi connectivity index (χ4n) is 6.28. The van der Waals surface area contributed by atoms with Crippen molar-refractivity contribution in [3.63, 3.8) is 0 Å². The summed E-state index contributed by atoms with van der Waals surface area (Å²) in [6, 6.07) is 22.1. The van der Waals surface area contributed by atoms with Crippen LogP contribution >= 0.6 is 0 Å². The quantitative estimate of drug-likeness (QED) is 0.110. The molecule has 8 nitrogen and oxygen atoms in total. The van der Waals surface area contributed by atoms with Crippen LogP contribution in [0.25, 0.3) is 17.2 Å². The van der Waals surface area contributed by atoms with Gasteiger partial charge in [-0.1, -0.05) is 52.3 Å². The van der Waals surface area contributed by atoms with E-state index in [1.54, 1.807) is 6.20 Å². The van der Waals surface area contributed by atoms with Gasteiger partial charge in [-0.2, -0.15) is 0 Å². The van der Waals surface area contributed by atoms with Crippen molar-refractivity contribution < 1.29 is 18.5 Å². The molecule has 0 bridgehead atoms. The number of carbonyl (C=O) groups is 1. The molecule has 1 atom stereocenters. The largest absolute Gasteiger partial charge is 0.491 e. The van der Waals surface area contributed by atoms with E-state index in [1.165, 1.54) is 0 Å². The number of hydrogen-bond acceptors (Lipinski definition) is 6. The summed E-state index contributed by atoms with van der Waals surface area (Å²) in [4.78, 5) is 21.4. The van der Waals surface area contributed by atoms with E-state index in [2.05, 4.69) is 83.9 Å². The molecular formula is C42H54N4O4S. The van der Waals surface area contributed by atoms with Crippen molar-refractivity contribution >= 4 is 34.2 Å². The molecule has 1 aliphatic rings. The summed E-state index contributed by atoms with van der Waals surface area (Å²) in [7, 11) is -1.24. The average molecular weight is 711 g/mol. The van der Waals surface area contributed by atoms with Gasteiger partial charge in [0.2, 0.25) is 0 Å². The zero-order valence-corrected chi connectivity index (χ0v) is 31.6. The van der Waals surface area contributed by atoms with Gasteiger partial charge in [0.15, 0.2) is 0 Å². The molecule has 5 rings (SSSR count). The lowest BCUT2D eigenvalue weighted by atomic mass is 9.98. The third-order valence-corrected chi connectivity index (χ3v) is 10.2. The highest BCUT2D eigenvalue weighted by atomic mass is 32.2. The number of ether oxygens (including phenoxy) is 2. The molecular weight excluding hydrogens is 657 g/mol. The molecule has 0 saturated heterocycles. The van der Waals surface area contributed by atoms with Gasteiger partial charge >= 0.3 is 0 Å². The van der Waals surface area contributed by atoms with Crippen LogP contribution in [0.5, 0.6) is 5.75 Å². The number of anilines is 2. The highest BCUT2D eigenvalue weighted by molar-refractivity contribution is 7.84. The number of fused-ring (bicyclic) bond motifs is 1. The SMILES string of the molecule is CCCCOCCOc1ccc(-c2ccc3c(c2)C=C(C(=O)Nc2ccc(S(=O)Cc4nccn4CCC)cc2)CCCCN3CC(C)C)cc1. The fourth-order valence-corrected chi connectivity index (χ4v) is 7.36. The number of amides is 1. The first-order valence-electron chi connectivity index (χ1n) is 18.5. The molecule has 2 heterocycles. The molecule has 1 amide bonds. The highest BCUT2D eigenvalue weighted by Crippen LogP contribution is 2.33. The maximum atomic E-state index is 13.8. The number of rotatable bonds is 17. The average Bonchev–Trinajstić information content (AvgIpc) is 3.59. The molecule has 9 heteroatoms. The van der Waals surface area contributed by atoms with Crippen LogP contribution in [0.4, 0.5) is 11.4 Å². The highest BCUT2D eigenvalue weighted by Gasteiger charge is 2.19. The van der Waals surface area contributed by atoms with Crippen LogP contribution in [0.1, 0.15) is 77.6 Å². The Labute approximate surface area is 306 Å². The lowest BCUT2D eigenvalue weighted by molar-refractivity contribution is -0.112. The number of benzene rings is 3. The van der Waals surface area contributed by atoms with Gasteiger partial charge in [0.05, 0.1) is 23.2 Å². The Morgan fingerprint density at radius 3 is 2.47 bits per heavy atom. The first kappa shape index (κ1) is 38.0. The van der Waals surface area contributed by atoms with Crippen molar-refractivity contribution in [1.82, 2.24) is 9.55 Å². The lowest BCUT2D eigenvalue weighted by Crippen LogP contribution is -2.29. The summed E-state index contributed by atoms with van der Waals surface area (Å²) in [6.45, 7) is 13.4. The smallest absolute Gasteiger partial charge is 0.251 e. The summed E-state index contributed by atoms with van der Waals surface area (Å²) in [6.07, 6.45) is 11.6. The number of imidazole rings is 1. The van der Waals surface area contributed by atoms with Gasteiger partial charge < -0.3 is 24.3 Å². The second kappa shape index (κ2) is 19.4. The van der Waals surface area contributed by atoms with E-state index in [0.717, 1.165) is 97.9 Å². The molecule has 0 aliphatic carbocycles. The van der Waals surface area contributed by atoms with E-state index in [9.17, 15) is 9.00 Å². The van der Waals surface area contributed by atoms with Crippen LogP contribution in [0.2, 0.25) is 0 Å². The standard InChI is InChI=1S/C42H54N4O4S/c1-5-7-25-49-26-27-50-38-16-11-33(12-17-38)34-13-20-40-36(28-34)29-35(10-8-9-23-46(40)30-32(3)4)42(47)44-37-14-18-39(19-15-37)51(48)31-41-43-21-24-45(41)22-6-2/h11-21,24,28-29,32H,5-10,22-23,25-27,30-31H2,1-4H3,(H,44,47). The van der Waals surface area contributed by atoms with Gasteiger partial charge in [-0.15, -0.1) is 0 Å². The summed E-state index contributed by atoms with van der Waals surface area (Å²) in [5.74, 6) is 2.39. The molecule has 0 radical (unpaired) electrons. The van der Waals surface area contributed by atoms with E-state index >= 15 is 0 Å². The third kappa shape index (κ3) is 11.1. The topological polar surface area (TPSA) is 85.7 Å². The Balaban J connectivity index is 1.32. The van der Waals surface area contributed by atoms with E-state index in [-0.39, 0.29) is 5.91 Å². The Kier molecular flexibility index (Phi) is 14.5. The Bertz CT molecular complexity index is 1750. The second-order valence-electron chi connectivity index (χ2n) is 13.6. The van der Waals surface area contributed by atoms with Crippen molar-refractivity contribution in [1.29, 1.82) is 0 Å². The predicted molar refractivity (Wildman–Crippen MR) is 210 cm³/mol. The van der Waals surface area contributed by atoms with Crippen molar-refractivity contribution in [2.75, 3.05) is 43.1 Å². The zero-order valence-electron chi connectivity index (χ0n) is 30.7. The van der Waals surface area contributed by atoms with Crippen LogP contribution in [0.15, 0.2) is 89.6 Å². The van der Waals surface area contributed by atoms with E-state index in [1.807, 2.05) is 42.6 Å². The van der Waals surface area contributed by atoms with Gasteiger partial charge in [-0.3, -0.25) is 9.00 Å². The molecule has 1 unspecified atom stereocenters. The molecule has 0 fully saturated rings. The number of hydrogen-bond donors (Lipinski definition) is 1. The molecule has 1 aliphatic heterocycles. The molecule has 3 aromatic carbocycles.